The van der Waals surface area contributed by atoms with Crippen LogP contribution in [0.15, 0.2) is 0 Å². The van der Waals surface area contributed by atoms with Gasteiger partial charge in [0.05, 0.1) is 6.42 Å². The van der Waals surface area contributed by atoms with Crippen molar-refractivity contribution in [1.29, 1.82) is 0 Å². The standard InChI is InChI=1S/C11H13NO6/c13-8(14)4-7(11(17)18)12-9(15)5-1-2-6(3-5)10(12)16/h5-7H,1-4H2,(H,13,14)(H,17,18). The van der Waals surface area contributed by atoms with Crippen LogP contribution in [0.25, 0.3) is 0 Å². The molecule has 0 spiro atoms. The Morgan fingerprint density at radius 2 is 1.67 bits per heavy atom. The molecule has 2 bridgehead atoms. The van der Waals surface area contributed by atoms with Crippen molar-refractivity contribution in [2.75, 3.05) is 0 Å². The van der Waals surface area contributed by atoms with Crippen molar-refractivity contribution in [2.45, 2.75) is 31.7 Å². The van der Waals surface area contributed by atoms with E-state index in [0.717, 1.165) is 0 Å². The first kappa shape index (κ1) is 12.5. The number of piperidine rings is 1. The van der Waals surface area contributed by atoms with Gasteiger partial charge in [-0.1, -0.05) is 0 Å². The van der Waals surface area contributed by atoms with Crippen molar-refractivity contribution in [1.82, 2.24) is 4.90 Å². The highest BCUT2D eigenvalue weighted by Crippen LogP contribution is 2.39. The Morgan fingerprint density at radius 3 is 2.06 bits per heavy atom. The first-order chi connectivity index (χ1) is 8.41. The number of hydrogen-bond acceptors (Lipinski definition) is 4. The van der Waals surface area contributed by atoms with Gasteiger partial charge in [-0.2, -0.15) is 0 Å². The predicted molar refractivity (Wildman–Crippen MR) is 56.4 cm³/mol. The van der Waals surface area contributed by atoms with Gasteiger partial charge in [-0.3, -0.25) is 19.3 Å². The molecule has 98 valence electrons. The van der Waals surface area contributed by atoms with Crippen LogP contribution >= 0.6 is 0 Å². The Hall–Kier alpha value is -1.92. The van der Waals surface area contributed by atoms with Crippen molar-refractivity contribution in [2.24, 2.45) is 11.8 Å². The third kappa shape index (κ3) is 1.96. The van der Waals surface area contributed by atoms with Crippen molar-refractivity contribution < 1.29 is 29.4 Å². The third-order valence-corrected chi connectivity index (χ3v) is 3.57. The minimum absolute atomic E-state index is 0.330. The molecule has 3 atom stereocenters. The Labute approximate surface area is 102 Å². The van der Waals surface area contributed by atoms with Gasteiger partial charge in [-0.25, -0.2) is 4.79 Å². The lowest BCUT2D eigenvalue weighted by atomic mass is 9.95. The molecule has 0 aromatic rings. The Kier molecular flexibility index (Phi) is 3.06. The minimum Gasteiger partial charge on any atom is -0.481 e. The summed E-state index contributed by atoms with van der Waals surface area (Å²) < 4.78 is 0. The zero-order chi connectivity index (χ0) is 13.4. The first-order valence-corrected chi connectivity index (χ1v) is 5.73. The second-order valence-electron chi connectivity index (χ2n) is 4.71. The number of rotatable bonds is 4. The van der Waals surface area contributed by atoms with Crippen molar-refractivity contribution >= 4 is 23.8 Å². The molecule has 2 aliphatic rings. The summed E-state index contributed by atoms with van der Waals surface area (Å²) in [5.41, 5.74) is 0. The summed E-state index contributed by atoms with van der Waals surface area (Å²) in [6.45, 7) is 0. The smallest absolute Gasteiger partial charge is 0.327 e. The van der Waals surface area contributed by atoms with E-state index in [0.29, 0.717) is 24.2 Å². The number of aliphatic carboxylic acids is 2. The molecule has 0 aromatic carbocycles. The van der Waals surface area contributed by atoms with Crippen LogP contribution < -0.4 is 0 Å². The maximum atomic E-state index is 12.0. The monoisotopic (exact) mass is 255 g/mol. The molecule has 1 aliphatic heterocycles. The van der Waals surface area contributed by atoms with E-state index < -0.39 is 36.2 Å². The van der Waals surface area contributed by atoms with Gasteiger partial charge in [0, 0.05) is 11.8 Å². The fraction of sp³-hybridized carbons (Fsp3) is 0.636. The van der Waals surface area contributed by atoms with Gasteiger partial charge in [-0.05, 0) is 19.3 Å². The summed E-state index contributed by atoms with van der Waals surface area (Å²) in [7, 11) is 0. The van der Waals surface area contributed by atoms with Crippen LogP contribution in [0.5, 0.6) is 0 Å². The maximum Gasteiger partial charge on any atom is 0.327 e. The predicted octanol–water partition coefficient (Wildman–Crippen LogP) is -0.301. The number of likely N-dealkylation sites (tertiary alicyclic amines) is 1. The summed E-state index contributed by atoms with van der Waals surface area (Å²) in [5.74, 6) is -4.54. The molecule has 2 fully saturated rings. The SMILES string of the molecule is O=C(O)CC(C(=O)O)N1C(=O)C2CCC(C2)C1=O. The fourth-order valence-electron chi connectivity index (χ4n) is 2.69. The molecule has 2 N–H and O–H groups in total. The minimum atomic E-state index is -1.59. The van der Waals surface area contributed by atoms with E-state index in [1.807, 2.05) is 0 Å². The summed E-state index contributed by atoms with van der Waals surface area (Å²) in [6.07, 6.45) is 0.857. The number of carbonyl (C=O) groups excluding carboxylic acids is 2. The molecule has 7 heteroatoms. The van der Waals surface area contributed by atoms with E-state index in [4.69, 9.17) is 10.2 Å². The molecule has 1 aliphatic carbocycles. The van der Waals surface area contributed by atoms with E-state index in [-0.39, 0.29) is 11.8 Å². The average molecular weight is 255 g/mol. The number of carbonyl (C=O) groups is 4. The van der Waals surface area contributed by atoms with Gasteiger partial charge >= 0.3 is 11.9 Å². The number of imide groups is 1. The van der Waals surface area contributed by atoms with Crippen LogP contribution in [-0.4, -0.2) is 44.9 Å². The molecule has 0 aromatic heterocycles. The van der Waals surface area contributed by atoms with Crippen LogP contribution in [0.1, 0.15) is 25.7 Å². The molecule has 3 unspecified atom stereocenters. The number of carboxylic acid groups (broad SMARTS) is 2. The Morgan fingerprint density at radius 1 is 1.17 bits per heavy atom. The Bertz CT molecular complexity index is 409. The van der Waals surface area contributed by atoms with E-state index in [9.17, 15) is 19.2 Å². The zero-order valence-electron chi connectivity index (χ0n) is 9.54. The van der Waals surface area contributed by atoms with Crippen LogP contribution in [0.3, 0.4) is 0 Å². The summed E-state index contributed by atoms with van der Waals surface area (Å²) >= 11 is 0. The molecular weight excluding hydrogens is 242 g/mol. The molecule has 1 saturated carbocycles. The second-order valence-corrected chi connectivity index (χ2v) is 4.71. The van der Waals surface area contributed by atoms with E-state index >= 15 is 0 Å². The molecule has 7 nitrogen and oxygen atoms in total. The molecule has 1 saturated heterocycles. The quantitative estimate of drug-likeness (QED) is 0.667. The molecule has 0 radical (unpaired) electrons. The van der Waals surface area contributed by atoms with Gasteiger partial charge in [0.1, 0.15) is 6.04 Å². The normalized spacial score (nSPS) is 28.3. The number of amides is 2. The number of nitrogens with zero attached hydrogens (tertiary/aromatic N) is 1. The topological polar surface area (TPSA) is 112 Å². The van der Waals surface area contributed by atoms with Crippen LogP contribution in [0, 0.1) is 11.8 Å². The van der Waals surface area contributed by atoms with Gasteiger partial charge in [-0.15, -0.1) is 0 Å². The van der Waals surface area contributed by atoms with Crippen molar-refractivity contribution in [3.8, 4) is 0 Å². The Balaban J connectivity index is 2.28. The highest BCUT2D eigenvalue weighted by Gasteiger charge is 2.49. The number of carboxylic acids is 2. The fourth-order valence-corrected chi connectivity index (χ4v) is 2.69. The molecule has 2 rings (SSSR count). The van der Waals surface area contributed by atoms with Crippen molar-refractivity contribution in [3.63, 3.8) is 0 Å². The molecule has 2 amide bonds. The number of fused-ring (bicyclic) bond motifs is 2. The first-order valence-electron chi connectivity index (χ1n) is 5.73. The van der Waals surface area contributed by atoms with Crippen molar-refractivity contribution in [3.05, 3.63) is 0 Å². The number of hydrogen-bond donors (Lipinski definition) is 2. The van der Waals surface area contributed by atoms with Gasteiger partial charge in [0.2, 0.25) is 11.8 Å². The van der Waals surface area contributed by atoms with Crippen LogP contribution in [0.4, 0.5) is 0 Å². The second kappa shape index (κ2) is 4.40. The van der Waals surface area contributed by atoms with Gasteiger partial charge in [0.25, 0.3) is 0 Å². The van der Waals surface area contributed by atoms with E-state index in [1.54, 1.807) is 0 Å². The maximum absolute atomic E-state index is 12.0. The molecule has 18 heavy (non-hydrogen) atoms. The largest absolute Gasteiger partial charge is 0.481 e. The molecular formula is C11H13NO6. The third-order valence-electron chi connectivity index (χ3n) is 3.57. The van der Waals surface area contributed by atoms with E-state index in [2.05, 4.69) is 0 Å². The van der Waals surface area contributed by atoms with E-state index in [1.165, 1.54) is 0 Å². The summed E-state index contributed by atoms with van der Waals surface area (Å²) in [4.78, 5) is 46.3. The summed E-state index contributed by atoms with van der Waals surface area (Å²) in [5, 5.41) is 17.7. The van der Waals surface area contributed by atoms with Gasteiger partial charge < -0.3 is 10.2 Å². The lowest BCUT2D eigenvalue weighted by molar-refractivity contribution is -0.165. The molecule has 1 heterocycles. The van der Waals surface area contributed by atoms with Crippen LogP contribution in [-0.2, 0) is 19.2 Å². The lowest BCUT2D eigenvalue weighted by Crippen LogP contribution is -2.55. The van der Waals surface area contributed by atoms with Gasteiger partial charge in [0.15, 0.2) is 0 Å². The summed E-state index contributed by atoms with van der Waals surface area (Å²) in [6, 6.07) is -1.59. The highest BCUT2D eigenvalue weighted by atomic mass is 16.4. The average Bonchev–Trinajstić information content (AvgIpc) is 2.71. The lowest BCUT2D eigenvalue weighted by Gasteiger charge is -2.33. The highest BCUT2D eigenvalue weighted by molar-refractivity contribution is 6.04. The zero-order valence-corrected chi connectivity index (χ0v) is 9.54. The van der Waals surface area contributed by atoms with Crippen LogP contribution in [0.2, 0.25) is 0 Å².